The number of benzene rings is 2. The zero-order chi connectivity index (χ0) is 24.5. The number of amides is 1. The molecule has 0 saturated carbocycles. The summed E-state index contributed by atoms with van der Waals surface area (Å²) in [5, 5.41) is -1.19. The van der Waals surface area contributed by atoms with E-state index < -0.39 is 39.0 Å². The second-order valence-corrected chi connectivity index (χ2v) is 8.64. The van der Waals surface area contributed by atoms with E-state index in [0.29, 0.717) is 11.6 Å². The van der Waals surface area contributed by atoms with Gasteiger partial charge in [0.2, 0.25) is 5.91 Å². The summed E-state index contributed by atoms with van der Waals surface area (Å²) in [7, 11) is 0. The SMILES string of the molecule is CC(C)C(=O)N1COCc2cc(C(=O)C=C(c3cc(Cl)c(F)c(Cl)c3)C(F)(F)F)ccc2C1. The van der Waals surface area contributed by atoms with Gasteiger partial charge in [-0.2, -0.15) is 13.2 Å². The number of carbonyl (C=O) groups excluding carboxylic acids is 2. The summed E-state index contributed by atoms with van der Waals surface area (Å²) in [4.78, 5) is 26.5. The highest BCUT2D eigenvalue weighted by Gasteiger charge is 2.36. The lowest BCUT2D eigenvalue weighted by molar-refractivity contribution is -0.140. The number of allylic oxidation sites excluding steroid dienone is 2. The highest BCUT2D eigenvalue weighted by atomic mass is 35.5. The lowest BCUT2D eigenvalue weighted by Gasteiger charge is -2.22. The maximum atomic E-state index is 13.7. The van der Waals surface area contributed by atoms with E-state index in [4.69, 9.17) is 27.9 Å². The van der Waals surface area contributed by atoms with Crippen molar-refractivity contribution in [2.45, 2.75) is 33.2 Å². The van der Waals surface area contributed by atoms with E-state index in [1.165, 1.54) is 17.0 Å². The Kier molecular flexibility index (Phi) is 7.51. The van der Waals surface area contributed by atoms with Crippen molar-refractivity contribution in [3.63, 3.8) is 0 Å². The normalized spacial score (nSPS) is 14.8. The zero-order valence-electron chi connectivity index (χ0n) is 17.6. The highest BCUT2D eigenvalue weighted by molar-refractivity contribution is 6.35. The van der Waals surface area contributed by atoms with Crippen LogP contribution in [0.2, 0.25) is 10.0 Å². The van der Waals surface area contributed by atoms with Crippen LogP contribution < -0.4 is 0 Å². The Morgan fingerprint density at radius 2 is 1.70 bits per heavy atom. The number of rotatable bonds is 4. The third kappa shape index (κ3) is 5.75. The first-order valence-corrected chi connectivity index (χ1v) is 10.6. The summed E-state index contributed by atoms with van der Waals surface area (Å²) < 4.78 is 60.3. The molecule has 1 amide bonds. The van der Waals surface area contributed by atoms with Gasteiger partial charge in [0.05, 0.1) is 22.2 Å². The molecule has 0 bridgehead atoms. The average Bonchev–Trinajstić information content (AvgIpc) is 2.95. The highest BCUT2D eigenvalue weighted by Crippen LogP contribution is 2.37. The molecule has 176 valence electrons. The molecule has 0 saturated heterocycles. The van der Waals surface area contributed by atoms with Crippen LogP contribution in [0, 0.1) is 11.7 Å². The molecule has 0 radical (unpaired) electrons. The number of halogens is 6. The minimum atomic E-state index is -4.92. The van der Waals surface area contributed by atoms with Gasteiger partial charge in [0.1, 0.15) is 6.73 Å². The van der Waals surface area contributed by atoms with Crippen molar-refractivity contribution in [3.05, 3.63) is 74.5 Å². The average molecular weight is 504 g/mol. The third-order valence-electron chi connectivity index (χ3n) is 5.04. The molecule has 10 heteroatoms. The standard InChI is InChI=1S/C23H19Cl2F4NO3/c1-12(2)22(32)30-9-14-4-3-13(5-16(14)10-33-11-30)20(31)8-17(23(27,28)29)15-6-18(24)21(26)19(25)7-15/h3-8,12H,9-11H2,1-2H3. The molecule has 0 aromatic heterocycles. The lowest BCUT2D eigenvalue weighted by atomic mass is 9.98. The van der Waals surface area contributed by atoms with Crippen LogP contribution in [0.5, 0.6) is 0 Å². The molecule has 1 aliphatic rings. The Hall–Kier alpha value is -2.42. The fourth-order valence-corrected chi connectivity index (χ4v) is 3.83. The van der Waals surface area contributed by atoms with Gasteiger partial charge in [-0.25, -0.2) is 4.39 Å². The van der Waals surface area contributed by atoms with E-state index in [-0.39, 0.29) is 37.3 Å². The number of hydrogen-bond donors (Lipinski definition) is 0. The minimum Gasteiger partial charge on any atom is -0.356 e. The molecule has 2 aromatic rings. The van der Waals surface area contributed by atoms with Crippen LogP contribution in [0.4, 0.5) is 17.6 Å². The Morgan fingerprint density at radius 1 is 1.06 bits per heavy atom. The van der Waals surface area contributed by atoms with Crippen molar-refractivity contribution in [3.8, 4) is 0 Å². The number of carbonyl (C=O) groups is 2. The van der Waals surface area contributed by atoms with Gasteiger partial charge in [-0.05, 0) is 41.0 Å². The zero-order valence-corrected chi connectivity index (χ0v) is 19.1. The van der Waals surface area contributed by atoms with E-state index in [1.807, 2.05) is 0 Å². The molecule has 4 nitrogen and oxygen atoms in total. The predicted octanol–water partition coefficient (Wildman–Crippen LogP) is 6.43. The Balaban J connectivity index is 1.96. The fourth-order valence-electron chi connectivity index (χ4n) is 3.35. The molecule has 0 aliphatic carbocycles. The van der Waals surface area contributed by atoms with Gasteiger partial charge in [-0.15, -0.1) is 0 Å². The Bertz CT molecular complexity index is 1110. The molecule has 0 fully saturated rings. The molecule has 33 heavy (non-hydrogen) atoms. The van der Waals surface area contributed by atoms with Crippen LogP contribution in [0.1, 0.15) is 40.9 Å². The van der Waals surface area contributed by atoms with E-state index >= 15 is 0 Å². The maximum absolute atomic E-state index is 13.7. The first kappa shape index (κ1) is 25.2. The predicted molar refractivity (Wildman–Crippen MR) is 116 cm³/mol. The lowest BCUT2D eigenvalue weighted by Crippen LogP contribution is -2.34. The fraction of sp³-hybridized carbons (Fsp3) is 0.304. The van der Waals surface area contributed by atoms with Crippen molar-refractivity contribution >= 4 is 40.5 Å². The van der Waals surface area contributed by atoms with E-state index in [2.05, 4.69) is 0 Å². The first-order chi connectivity index (χ1) is 15.4. The molecule has 0 unspecified atom stereocenters. The molecule has 1 aliphatic heterocycles. The number of hydrogen-bond acceptors (Lipinski definition) is 3. The molecular weight excluding hydrogens is 485 g/mol. The van der Waals surface area contributed by atoms with Gasteiger partial charge in [-0.1, -0.05) is 49.2 Å². The Morgan fingerprint density at radius 3 is 2.27 bits per heavy atom. The molecular formula is C23H19Cl2F4NO3. The van der Waals surface area contributed by atoms with Crippen LogP contribution >= 0.6 is 23.2 Å². The van der Waals surface area contributed by atoms with E-state index in [9.17, 15) is 27.2 Å². The summed E-state index contributed by atoms with van der Waals surface area (Å²) in [5.41, 5.74) is -0.517. The van der Waals surface area contributed by atoms with Crippen molar-refractivity contribution in [2.75, 3.05) is 6.73 Å². The van der Waals surface area contributed by atoms with Gasteiger partial charge in [0.25, 0.3) is 0 Å². The van der Waals surface area contributed by atoms with Crippen molar-refractivity contribution in [1.82, 2.24) is 4.90 Å². The van der Waals surface area contributed by atoms with Gasteiger partial charge in [-0.3, -0.25) is 9.59 Å². The summed E-state index contributed by atoms with van der Waals surface area (Å²) in [6.45, 7) is 3.96. The molecule has 1 heterocycles. The summed E-state index contributed by atoms with van der Waals surface area (Å²) in [5.74, 6) is -2.29. The topological polar surface area (TPSA) is 46.6 Å². The van der Waals surface area contributed by atoms with Gasteiger partial charge in [0.15, 0.2) is 11.6 Å². The molecule has 0 atom stereocenters. The molecule has 0 N–H and O–H groups in total. The van der Waals surface area contributed by atoms with Crippen molar-refractivity contribution in [2.24, 2.45) is 5.92 Å². The van der Waals surface area contributed by atoms with Gasteiger partial charge in [0, 0.05) is 18.0 Å². The van der Waals surface area contributed by atoms with Gasteiger partial charge >= 0.3 is 6.18 Å². The van der Waals surface area contributed by atoms with E-state index in [1.54, 1.807) is 19.9 Å². The van der Waals surface area contributed by atoms with Crippen LogP contribution in [0.15, 0.2) is 36.4 Å². The van der Waals surface area contributed by atoms with Crippen molar-refractivity contribution in [1.29, 1.82) is 0 Å². The summed E-state index contributed by atoms with van der Waals surface area (Å²) >= 11 is 11.3. The minimum absolute atomic E-state index is 0.00189. The number of nitrogens with zero attached hydrogens (tertiary/aromatic N) is 1. The van der Waals surface area contributed by atoms with Crippen LogP contribution in [-0.4, -0.2) is 29.5 Å². The molecule has 0 spiro atoms. The third-order valence-corrected chi connectivity index (χ3v) is 5.59. The Labute approximate surface area is 197 Å². The first-order valence-electron chi connectivity index (χ1n) is 9.85. The molecule has 2 aromatic carbocycles. The van der Waals surface area contributed by atoms with E-state index in [0.717, 1.165) is 17.7 Å². The smallest absolute Gasteiger partial charge is 0.356 e. The summed E-state index contributed by atoms with van der Waals surface area (Å²) in [6, 6.07) is 5.95. The van der Waals surface area contributed by atoms with Crippen LogP contribution in [0.25, 0.3) is 5.57 Å². The second kappa shape index (κ2) is 9.83. The monoisotopic (exact) mass is 503 g/mol. The largest absolute Gasteiger partial charge is 0.417 e. The second-order valence-electron chi connectivity index (χ2n) is 7.83. The number of fused-ring (bicyclic) bond motifs is 1. The quantitative estimate of drug-likeness (QED) is 0.209. The number of alkyl halides is 3. The molecule has 3 rings (SSSR count). The maximum Gasteiger partial charge on any atom is 0.417 e. The van der Waals surface area contributed by atoms with Crippen LogP contribution in [0.3, 0.4) is 0 Å². The summed E-state index contributed by atoms with van der Waals surface area (Å²) in [6.07, 6.45) is -4.50. The van der Waals surface area contributed by atoms with Crippen LogP contribution in [-0.2, 0) is 22.7 Å². The van der Waals surface area contributed by atoms with Crippen molar-refractivity contribution < 1.29 is 31.9 Å². The number of ketones is 1. The van der Waals surface area contributed by atoms with Gasteiger partial charge < -0.3 is 9.64 Å². The number of ether oxygens (including phenoxy) is 1.